The van der Waals surface area contributed by atoms with Gasteiger partial charge in [0.15, 0.2) is 5.13 Å². The second-order valence-electron chi connectivity index (χ2n) is 3.83. The lowest BCUT2D eigenvalue weighted by Gasteiger charge is -2.01. The lowest BCUT2D eigenvalue weighted by molar-refractivity contribution is 0.604. The molecule has 100 valence electrons. The molecule has 1 aromatic carbocycles. The third kappa shape index (κ3) is 3.55. The van der Waals surface area contributed by atoms with Gasteiger partial charge in [0.05, 0.1) is 11.4 Å². The minimum Gasteiger partial charge on any atom is -0.399 e. The zero-order valence-electron chi connectivity index (χ0n) is 10.0. The van der Waals surface area contributed by atoms with Crippen molar-refractivity contribution in [3.8, 4) is 11.3 Å². The molecule has 7 heteroatoms. The molecule has 2 aromatic rings. The van der Waals surface area contributed by atoms with E-state index in [9.17, 15) is 8.42 Å². The van der Waals surface area contributed by atoms with Crippen LogP contribution in [0.25, 0.3) is 11.3 Å². The Bertz CT molecular complexity index is 675. The van der Waals surface area contributed by atoms with Gasteiger partial charge in [-0.3, -0.25) is 4.72 Å². The third-order valence-corrected chi connectivity index (χ3v) is 4.36. The quantitative estimate of drug-likeness (QED) is 0.655. The van der Waals surface area contributed by atoms with Gasteiger partial charge in [0.2, 0.25) is 10.0 Å². The molecule has 0 amide bonds. The lowest BCUT2D eigenvalue weighted by Crippen LogP contribution is -2.14. The number of nitrogens with two attached hydrogens (primary N) is 1. The molecule has 0 bridgehead atoms. The predicted molar refractivity (Wildman–Crippen MR) is 79.6 cm³/mol. The Morgan fingerprint density at radius 3 is 2.68 bits per heavy atom. The van der Waals surface area contributed by atoms with Crippen LogP contribution < -0.4 is 10.5 Å². The second-order valence-corrected chi connectivity index (χ2v) is 6.46. The van der Waals surface area contributed by atoms with E-state index in [0.29, 0.717) is 16.5 Å². The topological polar surface area (TPSA) is 85.1 Å². The van der Waals surface area contributed by atoms with Crippen molar-refractivity contribution in [2.45, 2.75) is 0 Å². The summed E-state index contributed by atoms with van der Waals surface area (Å²) in [5.74, 6) is -0.135. The Kier molecular flexibility index (Phi) is 3.87. The van der Waals surface area contributed by atoms with Crippen molar-refractivity contribution in [3.63, 3.8) is 0 Å². The number of thiazole rings is 1. The summed E-state index contributed by atoms with van der Waals surface area (Å²) in [4.78, 5) is 4.23. The molecule has 0 aliphatic carbocycles. The van der Waals surface area contributed by atoms with E-state index in [2.05, 4.69) is 16.3 Å². The first kappa shape index (κ1) is 13.6. The van der Waals surface area contributed by atoms with Crippen LogP contribution in [0.5, 0.6) is 0 Å². The Labute approximate surface area is 115 Å². The van der Waals surface area contributed by atoms with Crippen LogP contribution in [0.2, 0.25) is 0 Å². The summed E-state index contributed by atoms with van der Waals surface area (Å²) in [6.45, 7) is 3.40. The molecule has 3 N–H and O–H groups in total. The molecule has 0 unspecified atom stereocenters. The molecule has 0 aliphatic rings. The highest BCUT2D eigenvalue weighted by Crippen LogP contribution is 2.26. The Balaban J connectivity index is 2.20. The Hall–Kier alpha value is -1.86. The van der Waals surface area contributed by atoms with Crippen LogP contribution in [-0.2, 0) is 10.0 Å². The van der Waals surface area contributed by atoms with E-state index >= 15 is 0 Å². The molecule has 2 rings (SSSR count). The van der Waals surface area contributed by atoms with E-state index in [-0.39, 0.29) is 5.75 Å². The van der Waals surface area contributed by atoms with Gasteiger partial charge < -0.3 is 5.73 Å². The first-order valence-electron chi connectivity index (χ1n) is 5.43. The smallest absolute Gasteiger partial charge is 0.238 e. The van der Waals surface area contributed by atoms with Gasteiger partial charge in [0.1, 0.15) is 0 Å². The fourth-order valence-corrected chi connectivity index (χ4v) is 3.28. The minimum atomic E-state index is -3.40. The SMILES string of the molecule is C=CCS(=O)(=O)Nc1nc(-c2ccc(N)cc2)cs1. The fourth-order valence-electron chi connectivity index (χ4n) is 1.44. The number of hydrogen-bond acceptors (Lipinski definition) is 5. The second kappa shape index (κ2) is 5.41. The first-order valence-corrected chi connectivity index (χ1v) is 7.96. The van der Waals surface area contributed by atoms with Crippen LogP contribution in [-0.4, -0.2) is 19.2 Å². The highest BCUT2D eigenvalue weighted by atomic mass is 32.2. The normalized spacial score (nSPS) is 11.2. The van der Waals surface area contributed by atoms with Gasteiger partial charge in [-0.15, -0.1) is 17.9 Å². The third-order valence-electron chi connectivity index (χ3n) is 2.29. The molecule has 0 spiro atoms. The number of rotatable bonds is 5. The maximum absolute atomic E-state index is 11.6. The average molecular weight is 295 g/mol. The summed E-state index contributed by atoms with van der Waals surface area (Å²) in [6, 6.07) is 7.23. The number of anilines is 2. The maximum Gasteiger partial charge on any atom is 0.238 e. The summed E-state index contributed by atoms with van der Waals surface area (Å²) >= 11 is 1.23. The minimum absolute atomic E-state index is 0.135. The highest BCUT2D eigenvalue weighted by Gasteiger charge is 2.11. The van der Waals surface area contributed by atoms with Gasteiger partial charge in [0.25, 0.3) is 0 Å². The Morgan fingerprint density at radius 1 is 1.37 bits per heavy atom. The summed E-state index contributed by atoms with van der Waals surface area (Å²) in [5, 5.41) is 2.13. The van der Waals surface area contributed by atoms with Crippen molar-refractivity contribution in [3.05, 3.63) is 42.3 Å². The number of benzene rings is 1. The van der Waals surface area contributed by atoms with E-state index in [4.69, 9.17) is 5.73 Å². The predicted octanol–water partition coefficient (Wildman–Crippen LogP) is 2.32. The van der Waals surface area contributed by atoms with Crippen LogP contribution >= 0.6 is 11.3 Å². The van der Waals surface area contributed by atoms with E-state index in [1.54, 1.807) is 17.5 Å². The van der Waals surface area contributed by atoms with E-state index in [0.717, 1.165) is 5.56 Å². The average Bonchev–Trinajstić information content (AvgIpc) is 2.77. The maximum atomic E-state index is 11.6. The summed E-state index contributed by atoms with van der Waals surface area (Å²) < 4.78 is 25.5. The number of nitrogens with one attached hydrogen (secondary N) is 1. The van der Waals surface area contributed by atoms with Gasteiger partial charge in [0, 0.05) is 16.6 Å². The molecule has 1 heterocycles. The zero-order chi connectivity index (χ0) is 13.9. The molecular weight excluding hydrogens is 282 g/mol. The molecule has 0 radical (unpaired) electrons. The number of hydrogen-bond donors (Lipinski definition) is 2. The molecule has 1 aromatic heterocycles. The van der Waals surface area contributed by atoms with Gasteiger partial charge in [-0.25, -0.2) is 13.4 Å². The van der Waals surface area contributed by atoms with Crippen LogP contribution in [0.15, 0.2) is 42.3 Å². The van der Waals surface area contributed by atoms with E-state index < -0.39 is 10.0 Å². The van der Waals surface area contributed by atoms with Crippen LogP contribution in [0.3, 0.4) is 0 Å². The van der Waals surface area contributed by atoms with E-state index in [1.807, 2.05) is 12.1 Å². The molecule has 19 heavy (non-hydrogen) atoms. The number of sulfonamides is 1. The van der Waals surface area contributed by atoms with Gasteiger partial charge in [-0.1, -0.05) is 18.2 Å². The van der Waals surface area contributed by atoms with Crippen molar-refractivity contribution in [1.29, 1.82) is 0 Å². The zero-order valence-corrected chi connectivity index (χ0v) is 11.7. The lowest BCUT2D eigenvalue weighted by atomic mass is 10.2. The van der Waals surface area contributed by atoms with Crippen molar-refractivity contribution in [2.75, 3.05) is 16.2 Å². The highest BCUT2D eigenvalue weighted by molar-refractivity contribution is 7.93. The van der Waals surface area contributed by atoms with Crippen molar-refractivity contribution in [1.82, 2.24) is 4.98 Å². The molecule has 0 saturated heterocycles. The number of nitrogens with zero attached hydrogens (tertiary/aromatic N) is 1. The van der Waals surface area contributed by atoms with Crippen molar-refractivity contribution >= 4 is 32.2 Å². The molecule has 0 fully saturated rings. The monoisotopic (exact) mass is 295 g/mol. The van der Waals surface area contributed by atoms with Gasteiger partial charge >= 0.3 is 0 Å². The number of nitrogen functional groups attached to an aromatic ring is 1. The van der Waals surface area contributed by atoms with Crippen molar-refractivity contribution < 1.29 is 8.42 Å². The van der Waals surface area contributed by atoms with Crippen LogP contribution in [0, 0.1) is 0 Å². The summed E-state index contributed by atoms with van der Waals surface area (Å²) in [6.07, 6.45) is 1.33. The number of aromatic nitrogens is 1. The van der Waals surface area contributed by atoms with E-state index in [1.165, 1.54) is 17.4 Å². The molecule has 5 nitrogen and oxygen atoms in total. The molecule has 0 atom stereocenters. The van der Waals surface area contributed by atoms with Gasteiger partial charge in [-0.05, 0) is 12.1 Å². The van der Waals surface area contributed by atoms with Gasteiger partial charge in [-0.2, -0.15) is 0 Å². The van der Waals surface area contributed by atoms with Crippen molar-refractivity contribution in [2.24, 2.45) is 0 Å². The summed E-state index contributed by atoms with van der Waals surface area (Å²) in [5.41, 5.74) is 7.88. The molecular formula is C12H13N3O2S2. The Morgan fingerprint density at radius 2 is 2.05 bits per heavy atom. The standard InChI is InChI=1S/C12H13N3O2S2/c1-2-7-19(16,17)15-12-14-11(8-18-12)9-3-5-10(13)6-4-9/h2-6,8H,1,7,13H2,(H,14,15). The van der Waals surface area contributed by atoms with Crippen LogP contribution in [0.4, 0.5) is 10.8 Å². The summed E-state index contributed by atoms with van der Waals surface area (Å²) in [7, 11) is -3.40. The molecule has 0 saturated carbocycles. The largest absolute Gasteiger partial charge is 0.399 e. The molecule has 0 aliphatic heterocycles. The first-order chi connectivity index (χ1) is 9.00. The fraction of sp³-hybridized carbons (Fsp3) is 0.0833. The van der Waals surface area contributed by atoms with Crippen LogP contribution in [0.1, 0.15) is 0 Å².